The average Bonchev–Trinajstić information content (AvgIpc) is 2.54. The Hall–Kier alpha value is -2.10. The number of rotatable bonds is 7. The van der Waals surface area contributed by atoms with Crippen molar-refractivity contribution in [3.05, 3.63) is 46.3 Å². The Balaban J connectivity index is 2.09. The van der Waals surface area contributed by atoms with Crippen LogP contribution in [0.2, 0.25) is 0 Å². The Labute approximate surface area is 130 Å². The van der Waals surface area contributed by atoms with Gasteiger partial charge in [0.2, 0.25) is 0 Å². The smallest absolute Gasteiger partial charge is 0.351 e. The van der Waals surface area contributed by atoms with Crippen molar-refractivity contribution in [1.82, 2.24) is 0 Å². The van der Waals surface area contributed by atoms with E-state index in [-0.39, 0.29) is 5.56 Å². The third-order valence-corrected chi connectivity index (χ3v) is 3.85. The molecule has 0 amide bonds. The molecule has 0 aliphatic carbocycles. The van der Waals surface area contributed by atoms with E-state index in [0.717, 1.165) is 25.7 Å². The number of esters is 1. The van der Waals surface area contributed by atoms with Crippen molar-refractivity contribution in [3.8, 4) is 0 Å². The molecule has 22 heavy (non-hydrogen) atoms. The number of hydrogen-bond acceptors (Lipinski definition) is 4. The predicted octanol–water partition coefficient (Wildman–Crippen LogP) is 4.17. The first-order chi connectivity index (χ1) is 10.7. The summed E-state index contributed by atoms with van der Waals surface area (Å²) in [5.74, 6) is -0.258. The normalized spacial score (nSPS) is 12.3. The van der Waals surface area contributed by atoms with E-state index in [2.05, 4.69) is 13.8 Å². The topological polar surface area (TPSA) is 56.5 Å². The molecular formula is C18H22O4. The Bertz CT molecular complexity index is 687. The number of fused-ring (bicyclic) bond motifs is 1. The molecule has 1 heterocycles. The highest BCUT2D eigenvalue weighted by Crippen LogP contribution is 2.15. The number of hydrogen-bond donors (Lipinski definition) is 0. The van der Waals surface area contributed by atoms with Crippen LogP contribution in [0, 0.1) is 5.92 Å². The summed E-state index contributed by atoms with van der Waals surface area (Å²) in [6.45, 7) is 4.57. The first kappa shape index (κ1) is 16.3. The summed E-state index contributed by atoms with van der Waals surface area (Å²) < 4.78 is 10.5. The number of carbonyl (C=O) groups excluding carboxylic acids is 1. The van der Waals surface area contributed by atoms with E-state index in [1.165, 1.54) is 6.07 Å². The van der Waals surface area contributed by atoms with Crippen molar-refractivity contribution in [3.63, 3.8) is 0 Å². The zero-order chi connectivity index (χ0) is 15.9. The Morgan fingerprint density at radius 1 is 1.27 bits per heavy atom. The van der Waals surface area contributed by atoms with Crippen LogP contribution in [0.1, 0.15) is 49.9 Å². The average molecular weight is 302 g/mol. The molecule has 0 saturated carbocycles. The highest BCUT2D eigenvalue weighted by atomic mass is 16.5. The Kier molecular flexibility index (Phi) is 5.75. The molecule has 2 aromatic rings. The van der Waals surface area contributed by atoms with E-state index in [0.29, 0.717) is 23.5 Å². The highest BCUT2D eigenvalue weighted by Gasteiger charge is 2.17. The van der Waals surface area contributed by atoms with Gasteiger partial charge in [0.15, 0.2) is 0 Å². The van der Waals surface area contributed by atoms with Crippen molar-refractivity contribution in [2.45, 2.75) is 39.5 Å². The maximum atomic E-state index is 12.1. The maximum Gasteiger partial charge on any atom is 0.351 e. The summed E-state index contributed by atoms with van der Waals surface area (Å²) >= 11 is 0. The minimum Gasteiger partial charge on any atom is -0.462 e. The summed E-state index contributed by atoms with van der Waals surface area (Å²) in [7, 11) is 0. The van der Waals surface area contributed by atoms with Gasteiger partial charge in [-0.15, -0.1) is 0 Å². The van der Waals surface area contributed by atoms with E-state index >= 15 is 0 Å². The van der Waals surface area contributed by atoms with Crippen LogP contribution in [0.5, 0.6) is 0 Å². The van der Waals surface area contributed by atoms with Crippen LogP contribution in [-0.2, 0) is 4.74 Å². The zero-order valence-corrected chi connectivity index (χ0v) is 13.1. The van der Waals surface area contributed by atoms with Gasteiger partial charge in [0.05, 0.1) is 6.61 Å². The van der Waals surface area contributed by atoms with Gasteiger partial charge in [-0.2, -0.15) is 0 Å². The van der Waals surface area contributed by atoms with Crippen molar-refractivity contribution in [2.75, 3.05) is 6.61 Å². The summed E-state index contributed by atoms with van der Waals surface area (Å²) in [6, 6.07) is 8.64. The number of ether oxygens (including phenoxy) is 1. The summed E-state index contributed by atoms with van der Waals surface area (Å²) in [5.41, 5.74) is -0.215. The third-order valence-electron chi connectivity index (χ3n) is 3.85. The second kappa shape index (κ2) is 7.78. The maximum absolute atomic E-state index is 12.1. The molecule has 4 heteroatoms. The lowest BCUT2D eigenvalue weighted by molar-refractivity contribution is 0.0423. The lowest BCUT2D eigenvalue weighted by Crippen LogP contribution is -2.19. The van der Waals surface area contributed by atoms with Gasteiger partial charge < -0.3 is 9.15 Å². The molecule has 0 fully saturated rings. The molecule has 0 aliphatic rings. The number of carbonyl (C=O) groups is 1. The molecule has 0 saturated heterocycles. The zero-order valence-electron chi connectivity index (χ0n) is 13.1. The molecule has 1 aromatic heterocycles. The summed E-state index contributed by atoms with van der Waals surface area (Å²) in [6.07, 6.45) is 4.24. The van der Waals surface area contributed by atoms with Crippen molar-refractivity contribution >= 4 is 16.9 Å². The molecule has 0 unspecified atom stereocenters. The van der Waals surface area contributed by atoms with Crippen LogP contribution >= 0.6 is 0 Å². The highest BCUT2D eigenvalue weighted by molar-refractivity contribution is 5.92. The Morgan fingerprint density at radius 3 is 2.77 bits per heavy atom. The summed E-state index contributed by atoms with van der Waals surface area (Å²) in [5, 5.41) is 0.715. The molecule has 0 aliphatic heterocycles. The molecule has 0 radical (unpaired) electrons. The lowest BCUT2D eigenvalue weighted by Gasteiger charge is -2.14. The van der Waals surface area contributed by atoms with E-state index in [9.17, 15) is 9.59 Å². The molecule has 2 rings (SSSR count). The van der Waals surface area contributed by atoms with Crippen molar-refractivity contribution in [2.24, 2.45) is 5.92 Å². The van der Waals surface area contributed by atoms with Gasteiger partial charge in [-0.05, 0) is 24.5 Å². The van der Waals surface area contributed by atoms with Crippen LogP contribution in [0.25, 0.3) is 11.0 Å². The van der Waals surface area contributed by atoms with Crippen LogP contribution in [0.4, 0.5) is 0 Å². The summed E-state index contributed by atoms with van der Waals surface area (Å²) in [4.78, 5) is 24.0. The van der Waals surface area contributed by atoms with Gasteiger partial charge in [0, 0.05) is 5.39 Å². The molecule has 0 spiro atoms. The van der Waals surface area contributed by atoms with Gasteiger partial charge >= 0.3 is 11.6 Å². The van der Waals surface area contributed by atoms with Crippen LogP contribution in [0.15, 0.2) is 39.5 Å². The number of unbranched alkanes of at least 4 members (excludes halogenated alkanes) is 1. The van der Waals surface area contributed by atoms with Gasteiger partial charge in [0.1, 0.15) is 11.1 Å². The minimum absolute atomic E-state index is 0.0379. The van der Waals surface area contributed by atoms with Crippen LogP contribution < -0.4 is 5.63 Å². The largest absolute Gasteiger partial charge is 0.462 e. The third kappa shape index (κ3) is 3.97. The number of para-hydroxylation sites is 1. The predicted molar refractivity (Wildman–Crippen MR) is 86.1 cm³/mol. The van der Waals surface area contributed by atoms with Crippen molar-refractivity contribution < 1.29 is 13.9 Å². The quantitative estimate of drug-likeness (QED) is 0.569. The number of benzene rings is 1. The first-order valence-electron chi connectivity index (χ1n) is 7.85. The second-order valence-corrected chi connectivity index (χ2v) is 5.50. The van der Waals surface area contributed by atoms with E-state index in [1.54, 1.807) is 18.2 Å². The molecule has 4 nitrogen and oxygen atoms in total. The second-order valence-electron chi connectivity index (χ2n) is 5.50. The van der Waals surface area contributed by atoms with Gasteiger partial charge in [0.25, 0.3) is 0 Å². The van der Waals surface area contributed by atoms with Gasteiger partial charge in [-0.1, -0.05) is 51.3 Å². The molecule has 1 atom stereocenters. The van der Waals surface area contributed by atoms with Crippen LogP contribution in [-0.4, -0.2) is 12.6 Å². The standard InChI is InChI=1S/C18H22O4/c1-3-5-8-13(4-2)12-21-17(19)15-11-14-9-6-7-10-16(14)22-18(15)20/h6-7,9-11,13H,3-5,8,12H2,1-2H3/t13-/m1/s1. The Morgan fingerprint density at radius 2 is 2.05 bits per heavy atom. The van der Waals surface area contributed by atoms with Gasteiger partial charge in [-0.25, -0.2) is 9.59 Å². The fraction of sp³-hybridized carbons (Fsp3) is 0.444. The van der Waals surface area contributed by atoms with Crippen molar-refractivity contribution in [1.29, 1.82) is 0 Å². The SMILES string of the molecule is CCCC[C@@H](CC)COC(=O)c1cc2ccccc2oc1=O. The fourth-order valence-corrected chi connectivity index (χ4v) is 2.37. The van der Waals surface area contributed by atoms with E-state index < -0.39 is 11.6 Å². The fourth-order valence-electron chi connectivity index (χ4n) is 2.37. The first-order valence-corrected chi connectivity index (χ1v) is 7.85. The molecule has 118 valence electrons. The molecule has 0 N–H and O–H groups in total. The van der Waals surface area contributed by atoms with Gasteiger partial charge in [-0.3, -0.25) is 0 Å². The lowest BCUT2D eigenvalue weighted by atomic mass is 10.0. The molecular weight excluding hydrogens is 280 g/mol. The van der Waals surface area contributed by atoms with Crippen LogP contribution in [0.3, 0.4) is 0 Å². The van der Waals surface area contributed by atoms with E-state index in [1.807, 2.05) is 6.07 Å². The molecule has 0 bridgehead atoms. The van der Waals surface area contributed by atoms with E-state index in [4.69, 9.17) is 9.15 Å². The minimum atomic E-state index is -0.648. The molecule has 1 aromatic carbocycles. The monoisotopic (exact) mass is 302 g/mol.